The van der Waals surface area contributed by atoms with Gasteiger partial charge in [0.25, 0.3) is 0 Å². The number of anilines is 1. The topological polar surface area (TPSA) is 92.7 Å². The Balaban J connectivity index is 1.42. The second-order valence-corrected chi connectivity index (χ2v) is 10.6. The van der Waals surface area contributed by atoms with Crippen LogP contribution in [0.3, 0.4) is 0 Å². The van der Waals surface area contributed by atoms with E-state index in [0.29, 0.717) is 37.7 Å². The van der Waals surface area contributed by atoms with E-state index in [4.69, 9.17) is 14.6 Å². The molecule has 1 atom stereocenters. The lowest BCUT2D eigenvalue weighted by molar-refractivity contribution is -0.672. The largest absolute Gasteiger partial charge is 0.493 e. The quantitative estimate of drug-likeness (QED) is 0.263. The number of quaternary nitrogens is 1. The first kappa shape index (κ1) is 30.1. The van der Waals surface area contributed by atoms with Gasteiger partial charge in [0.05, 0.1) is 31.7 Å². The molecule has 0 saturated carbocycles. The van der Waals surface area contributed by atoms with Gasteiger partial charge in [-0.2, -0.15) is 0 Å². The van der Waals surface area contributed by atoms with Gasteiger partial charge in [0.2, 0.25) is 5.91 Å². The number of carboxylic acid groups (broad SMARTS) is 1. The zero-order valence-electron chi connectivity index (χ0n) is 24.1. The van der Waals surface area contributed by atoms with E-state index in [1.807, 2.05) is 43.0 Å². The highest BCUT2D eigenvalue weighted by Crippen LogP contribution is 2.41. The highest BCUT2D eigenvalue weighted by Gasteiger charge is 2.42. The Morgan fingerprint density at radius 1 is 0.976 bits per heavy atom. The van der Waals surface area contributed by atoms with E-state index in [1.165, 1.54) is 12.1 Å². The number of aliphatic carboxylic acids is 1. The highest BCUT2D eigenvalue weighted by atomic mass is 19.1. The number of rotatable bonds is 14. The van der Waals surface area contributed by atoms with Crippen LogP contribution in [0.4, 0.5) is 10.1 Å². The van der Waals surface area contributed by atoms with Crippen LogP contribution in [-0.2, 0) is 22.6 Å². The number of benzene rings is 3. The number of nitrogens with two attached hydrogens (primary N) is 1. The van der Waals surface area contributed by atoms with E-state index in [-0.39, 0.29) is 23.6 Å². The van der Waals surface area contributed by atoms with Gasteiger partial charge in [-0.15, -0.1) is 0 Å². The Morgan fingerprint density at radius 3 is 2.17 bits per heavy atom. The Labute approximate surface area is 241 Å². The van der Waals surface area contributed by atoms with Gasteiger partial charge in [0.1, 0.15) is 23.9 Å². The van der Waals surface area contributed by atoms with Crippen molar-refractivity contribution in [3.05, 3.63) is 77.6 Å². The molecule has 1 amide bonds. The van der Waals surface area contributed by atoms with Crippen molar-refractivity contribution in [1.82, 2.24) is 0 Å². The van der Waals surface area contributed by atoms with Crippen LogP contribution < -0.4 is 19.7 Å². The summed E-state index contributed by atoms with van der Waals surface area (Å²) in [5, 5.41) is 11.3. The van der Waals surface area contributed by atoms with Crippen molar-refractivity contribution in [2.75, 3.05) is 31.2 Å². The molecule has 7 nitrogen and oxygen atoms in total. The number of ether oxygens (including phenoxy) is 2. The molecule has 8 heteroatoms. The third-order valence-corrected chi connectivity index (χ3v) is 7.79. The molecular weight excluding hydrogens is 523 g/mol. The molecule has 1 saturated heterocycles. The van der Waals surface area contributed by atoms with Crippen molar-refractivity contribution >= 4 is 17.6 Å². The van der Waals surface area contributed by atoms with E-state index in [2.05, 4.69) is 12.2 Å². The summed E-state index contributed by atoms with van der Waals surface area (Å²) in [4.78, 5) is 25.8. The lowest BCUT2D eigenvalue weighted by Crippen LogP contribution is -2.83. The molecule has 0 radical (unpaired) electrons. The summed E-state index contributed by atoms with van der Waals surface area (Å²) in [6.45, 7) is 9.26. The third kappa shape index (κ3) is 7.44. The van der Waals surface area contributed by atoms with Gasteiger partial charge in [-0.3, -0.25) is 9.59 Å². The third-order valence-electron chi connectivity index (χ3n) is 7.79. The zero-order chi connectivity index (χ0) is 29.4. The van der Waals surface area contributed by atoms with Crippen LogP contribution in [0.25, 0.3) is 11.1 Å². The van der Waals surface area contributed by atoms with Crippen molar-refractivity contribution in [3.8, 4) is 22.6 Å². The predicted molar refractivity (Wildman–Crippen MR) is 157 cm³/mol. The number of hydrogen-bond donors (Lipinski definition) is 2. The van der Waals surface area contributed by atoms with Crippen molar-refractivity contribution < 1.29 is 33.9 Å². The van der Waals surface area contributed by atoms with E-state index in [1.54, 1.807) is 24.3 Å². The molecule has 0 aromatic heterocycles. The second kappa shape index (κ2) is 13.6. The summed E-state index contributed by atoms with van der Waals surface area (Å²) in [5.41, 5.74) is 4.16. The smallest absolute Gasteiger partial charge is 0.307 e. The fourth-order valence-corrected chi connectivity index (χ4v) is 5.56. The molecule has 1 aliphatic heterocycles. The van der Waals surface area contributed by atoms with Crippen molar-refractivity contribution in [3.63, 3.8) is 0 Å². The number of amides is 1. The number of carboxylic acids is 1. The maximum atomic E-state index is 13.6. The molecule has 3 aromatic rings. The van der Waals surface area contributed by atoms with Crippen molar-refractivity contribution in [2.24, 2.45) is 5.41 Å². The minimum atomic E-state index is -0.872. The van der Waals surface area contributed by atoms with Crippen LogP contribution in [0.15, 0.2) is 60.7 Å². The standard InChI is InChI=1S/C33H39FN2O5/c1-4-33(20-30(37)36(22-33)27-13-7-23(8-14-27)19-31(38)39)15-16-35-21-24-17-28(40-5-2)32(29(18-24)41-6-3)25-9-11-26(34)12-10-25/h7-14,17-18,35H,4-6,15-16,19-22H2,1-3H3,(H,38,39)/p+1. The van der Waals surface area contributed by atoms with Crippen LogP contribution in [0.2, 0.25) is 0 Å². The fraction of sp³-hybridized carbons (Fsp3) is 0.394. The Morgan fingerprint density at radius 2 is 1.61 bits per heavy atom. The van der Waals surface area contributed by atoms with Crippen LogP contribution in [0, 0.1) is 11.2 Å². The van der Waals surface area contributed by atoms with Crippen LogP contribution in [-0.4, -0.2) is 43.3 Å². The van der Waals surface area contributed by atoms with Crippen molar-refractivity contribution in [1.29, 1.82) is 0 Å². The van der Waals surface area contributed by atoms with Crippen LogP contribution in [0.5, 0.6) is 11.5 Å². The van der Waals surface area contributed by atoms with Crippen molar-refractivity contribution in [2.45, 2.75) is 53.0 Å². The molecule has 1 heterocycles. The summed E-state index contributed by atoms with van der Waals surface area (Å²) in [5.74, 6) is 0.372. The molecule has 0 bridgehead atoms. The number of hydrogen-bond acceptors (Lipinski definition) is 4. The monoisotopic (exact) mass is 563 g/mol. The van der Waals surface area contributed by atoms with E-state index in [0.717, 1.165) is 53.9 Å². The first-order chi connectivity index (χ1) is 19.8. The maximum absolute atomic E-state index is 13.6. The Hall–Kier alpha value is -3.91. The molecular formula is C33H40FN2O5+. The molecule has 0 spiro atoms. The molecule has 1 unspecified atom stereocenters. The molecule has 218 valence electrons. The second-order valence-electron chi connectivity index (χ2n) is 10.6. The first-order valence-corrected chi connectivity index (χ1v) is 14.4. The van der Waals surface area contributed by atoms with Gasteiger partial charge in [-0.1, -0.05) is 31.2 Å². The van der Waals surface area contributed by atoms with E-state index < -0.39 is 5.97 Å². The SMILES string of the molecule is CCOc1cc(C[NH2+]CCC2(CC)CC(=O)N(c3ccc(CC(=O)O)cc3)C2)cc(OCC)c1-c1ccc(F)cc1. The molecule has 1 fully saturated rings. The minimum absolute atomic E-state index is 0.0317. The first-order valence-electron chi connectivity index (χ1n) is 14.4. The molecule has 41 heavy (non-hydrogen) atoms. The zero-order valence-corrected chi connectivity index (χ0v) is 24.1. The lowest BCUT2D eigenvalue weighted by atomic mass is 9.81. The molecule has 3 N–H and O–H groups in total. The van der Waals surface area contributed by atoms with Gasteiger partial charge >= 0.3 is 5.97 Å². The number of carbonyl (C=O) groups excluding carboxylic acids is 1. The maximum Gasteiger partial charge on any atom is 0.307 e. The molecule has 0 aliphatic carbocycles. The predicted octanol–water partition coefficient (Wildman–Crippen LogP) is 5.20. The summed E-state index contributed by atoms with van der Waals surface area (Å²) < 4.78 is 25.6. The van der Waals surface area contributed by atoms with Gasteiger partial charge in [-0.25, -0.2) is 4.39 Å². The van der Waals surface area contributed by atoms with Gasteiger partial charge in [-0.05, 0) is 67.8 Å². The lowest BCUT2D eigenvalue weighted by Gasteiger charge is -2.27. The Kier molecular flexibility index (Phi) is 10.00. The van der Waals surface area contributed by atoms with E-state index in [9.17, 15) is 14.0 Å². The minimum Gasteiger partial charge on any atom is -0.493 e. The summed E-state index contributed by atoms with van der Waals surface area (Å²) >= 11 is 0. The van der Waals surface area contributed by atoms with E-state index >= 15 is 0 Å². The number of halogens is 1. The van der Waals surface area contributed by atoms with Gasteiger partial charge in [0, 0.05) is 36.1 Å². The molecule has 3 aromatic carbocycles. The average Bonchev–Trinajstić information content (AvgIpc) is 3.29. The molecule has 1 aliphatic rings. The fourth-order valence-electron chi connectivity index (χ4n) is 5.56. The number of carbonyl (C=O) groups is 2. The van der Waals surface area contributed by atoms with Crippen LogP contribution >= 0.6 is 0 Å². The van der Waals surface area contributed by atoms with Gasteiger partial charge in [0.15, 0.2) is 0 Å². The Bertz CT molecular complexity index is 1320. The van der Waals surface area contributed by atoms with Gasteiger partial charge < -0.3 is 24.8 Å². The summed E-state index contributed by atoms with van der Waals surface area (Å²) in [6, 6.07) is 17.7. The summed E-state index contributed by atoms with van der Waals surface area (Å²) in [7, 11) is 0. The average molecular weight is 564 g/mol. The highest BCUT2D eigenvalue weighted by molar-refractivity contribution is 5.96. The normalized spacial score (nSPS) is 16.7. The number of nitrogens with zero attached hydrogens (tertiary/aromatic N) is 1. The van der Waals surface area contributed by atoms with Crippen LogP contribution in [0.1, 0.15) is 51.2 Å². The summed E-state index contributed by atoms with van der Waals surface area (Å²) in [6.07, 6.45) is 2.27. The molecule has 4 rings (SSSR count).